The van der Waals surface area contributed by atoms with Gasteiger partial charge in [-0.25, -0.2) is 0 Å². The van der Waals surface area contributed by atoms with Gasteiger partial charge in [-0.05, 0) is 18.2 Å². The molecule has 1 aromatic heterocycles. The Morgan fingerprint density at radius 1 is 1.05 bits per heavy atom. The summed E-state index contributed by atoms with van der Waals surface area (Å²) in [5, 5.41) is 3.03. The maximum Gasteiger partial charge on any atom is 0.248 e. The van der Waals surface area contributed by atoms with Gasteiger partial charge < -0.3 is 16.8 Å². The molecule has 0 bridgehead atoms. The molecule has 20 heavy (non-hydrogen) atoms. The minimum atomic E-state index is -0.629. The summed E-state index contributed by atoms with van der Waals surface area (Å²) in [6.07, 6.45) is 4.76. The van der Waals surface area contributed by atoms with Gasteiger partial charge in [-0.1, -0.05) is 0 Å². The summed E-state index contributed by atoms with van der Waals surface area (Å²) in [4.78, 5) is 30.5. The van der Waals surface area contributed by atoms with Crippen LogP contribution in [0, 0.1) is 0 Å². The van der Waals surface area contributed by atoms with Crippen LogP contribution in [0.3, 0.4) is 0 Å². The second kappa shape index (κ2) is 5.79. The van der Waals surface area contributed by atoms with E-state index in [1.807, 2.05) is 0 Å². The first-order valence-electron chi connectivity index (χ1n) is 5.79. The molecule has 0 unspecified atom stereocenters. The summed E-state index contributed by atoms with van der Waals surface area (Å²) in [5.41, 5.74) is 12.1. The van der Waals surface area contributed by atoms with Gasteiger partial charge in [0, 0.05) is 29.2 Å². The maximum atomic E-state index is 11.2. The van der Waals surface area contributed by atoms with E-state index in [2.05, 4.69) is 15.3 Å². The van der Waals surface area contributed by atoms with E-state index in [-0.39, 0.29) is 11.1 Å². The lowest BCUT2D eigenvalue weighted by molar-refractivity contribution is 0.0999. The van der Waals surface area contributed by atoms with Gasteiger partial charge in [0.25, 0.3) is 0 Å². The van der Waals surface area contributed by atoms with Crippen LogP contribution in [0.1, 0.15) is 26.4 Å². The number of carbonyl (C=O) groups is 2. The van der Waals surface area contributed by atoms with Crippen LogP contribution in [0.15, 0.2) is 36.8 Å². The summed E-state index contributed by atoms with van der Waals surface area (Å²) in [6, 6.07) is 4.45. The van der Waals surface area contributed by atoms with E-state index >= 15 is 0 Å². The summed E-state index contributed by atoms with van der Waals surface area (Å²) in [6.45, 7) is 0.397. The zero-order chi connectivity index (χ0) is 14.5. The topological polar surface area (TPSA) is 124 Å². The molecule has 5 N–H and O–H groups in total. The van der Waals surface area contributed by atoms with Gasteiger partial charge in [0.05, 0.1) is 18.4 Å². The average molecular weight is 271 g/mol. The van der Waals surface area contributed by atoms with Crippen molar-refractivity contribution in [2.45, 2.75) is 6.54 Å². The number of nitrogens with two attached hydrogens (primary N) is 2. The van der Waals surface area contributed by atoms with Crippen molar-refractivity contribution in [2.24, 2.45) is 11.5 Å². The molecule has 2 amide bonds. The molecule has 0 aliphatic carbocycles. The first-order valence-corrected chi connectivity index (χ1v) is 5.79. The summed E-state index contributed by atoms with van der Waals surface area (Å²) >= 11 is 0. The molecule has 0 aliphatic rings. The van der Waals surface area contributed by atoms with Crippen molar-refractivity contribution >= 4 is 17.5 Å². The lowest BCUT2D eigenvalue weighted by Gasteiger charge is -2.08. The van der Waals surface area contributed by atoms with Crippen LogP contribution in [-0.4, -0.2) is 21.8 Å². The minimum absolute atomic E-state index is 0.211. The first kappa shape index (κ1) is 13.5. The summed E-state index contributed by atoms with van der Waals surface area (Å²) < 4.78 is 0. The van der Waals surface area contributed by atoms with Gasteiger partial charge in [0.1, 0.15) is 0 Å². The van der Waals surface area contributed by atoms with Crippen LogP contribution in [0.25, 0.3) is 0 Å². The molecular weight excluding hydrogens is 258 g/mol. The number of aromatic nitrogens is 2. The van der Waals surface area contributed by atoms with Gasteiger partial charge in [0.2, 0.25) is 11.8 Å². The van der Waals surface area contributed by atoms with E-state index in [9.17, 15) is 9.59 Å². The third kappa shape index (κ3) is 3.29. The fraction of sp³-hybridized carbons (Fsp3) is 0.0769. The Balaban J connectivity index is 2.22. The highest BCUT2D eigenvalue weighted by Gasteiger charge is 2.09. The summed E-state index contributed by atoms with van der Waals surface area (Å²) in [5.74, 6) is -1.26. The zero-order valence-corrected chi connectivity index (χ0v) is 10.5. The normalized spacial score (nSPS) is 10.0. The highest BCUT2D eigenvalue weighted by atomic mass is 16.1. The fourth-order valence-corrected chi connectivity index (χ4v) is 1.63. The standard InChI is InChI=1S/C13H13N5O2/c14-12(19)8-3-9(13(15)20)5-10(4-8)18-7-11-6-16-1-2-17-11/h1-6,18H,7H2,(H2,14,19)(H2,15,20). The average Bonchev–Trinajstić information content (AvgIpc) is 2.45. The van der Waals surface area contributed by atoms with E-state index in [0.29, 0.717) is 12.2 Å². The van der Waals surface area contributed by atoms with Crippen LogP contribution < -0.4 is 16.8 Å². The largest absolute Gasteiger partial charge is 0.379 e. The Bertz CT molecular complexity index is 610. The number of nitrogens with one attached hydrogen (secondary N) is 1. The van der Waals surface area contributed by atoms with Crippen molar-refractivity contribution in [1.29, 1.82) is 0 Å². The number of benzene rings is 1. The number of anilines is 1. The molecule has 1 heterocycles. The second-order valence-electron chi connectivity index (χ2n) is 4.08. The van der Waals surface area contributed by atoms with Crippen molar-refractivity contribution in [3.63, 3.8) is 0 Å². The monoisotopic (exact) mass is 271 g/mol. The van der Waals surface area contributed by atoms with Crippen molar-refractivity contribution < 1.29 is 9.59 Å². The lowest BCUT2D eigenvalue weighted by Crippen LogP contribution is -2.16. The molecule has 0 aliphatic heterocycles. The van der Waals surface area contributed by atoms with Crippen molar-refractivity contribution in [3.05, 3.63) is 53.6 Å². The SMILES string of the molecule is NC(=O)c1cc(NCc2cnccn2)cc(C(N)=O)c1. The minimum Gasteiger partial charge on any atom is -0.379 e. The molecular formula is C13H13N5O2. The number of carbonyl (C=O) groups excluding carboxylic acids is 2. The molecule has 0 fully saturated rings. The molecule has 0 saturated carbocycles. The predicted molar refractivity (Wildman–Crippen MR) is 72.8 cm³/mol. The number of hydrogen-bond acceptors (Lipinski definition) is 5. The van der Waals surface area contributed by atoms with E-state index in [1.54, 1.807) is 30.7 Å². The van der Waals surface area contributed by atoms with Crippen LogP contribution in [0.2, 0.25) is 0 Å². The second-order valence-corrected chi connectivity index (χ2v) is 4.08. The molecule has 7 nitrogen and oxygen atoms in total. The van der Waals surface area contributed by atoms with Crippen LogP contribution in [0.4, 0.5) is 5.69 Å². The predicted octanol–water partition coefficient (Wildman–Crippen LogP) is 0.286. The molecule has 0 spiro atoms. The summed E-state index contributed by atoms with van der Waals surface area (Å²) in [7, 11) is 0. The van der Waals surface area contributed by atoms with Gasteiger partial charge >= 0.3 is 0 Å². The van der Waals surface area contributed by atoms with E-state index in [4.69, 9.17) is 11.5 Å². The van der Waals surface area contributed by atoms with Gasteiger partial charge in [-0.2, -0.15) is 0 Å². The molecule has 0 saturated heterocycles. The van der Waals surface area contributed by atoms with E-state index < -0.39 is 11.8 Å². The van der Waals surface area contributed by atoms with Crippen molar-refractivity contribution in [1.82, 2.24) is 9.97 Å². The Labute approximate surface area is 115 Å². The lowest BCUT2D eigenvalue weighted by atomic mass is 10.1. The third-order valence-electron chi connectivity index (χ3n) is 2.59. The highest BCUT2D eigenvalue weighted by molar-refractivity contribution is 5.99. The van der Waals surface area contributed by atoms with E-state index in [0.717, 1.165) is 5.69 Å². The molecule has 2 aromatic rings. The quantitative estimate of drug-likeness (QED) is 0.720. The smallest absolute Gasteiger partial charge is 0.248 e. The number of nitrogens with zero attached hydrogens (tertiary/aromatic N) is 2. The number of primary amides is 2. The highest BCUT2D eigenvalue weighted by Crippen LogP contribution is 2.15. The molecule has 0 radical (unpaired) electrons. The zero-order valence-electron chi connectivity index (χ0n) is 10.5. The molecule has 1 aromatic carbocycles. The molecule has 0 atom stereocenters. The Hall–Kier alpha value is -2.96. The molecule has 7 heteroatoms. The van der Waals surface area contributed by atoms with Gasteiger partial charge in [-0.15, -0.1) is 0 Å². The fourth-order valence-electron chi connectivity index (χ4n) is 1.63. The van der Waals surface area contributed by atoms with Crippen molar-refractivity contribution in [3.8, 4) is 0 Å². The van der Waals surface area contributed by atoms with Crippen LogP contribution in [0.5, 0.6) is 0 Å². The number of rotatable bonds is 5. The Morgan fingerprint density at radius 3 is 2.20 bits per heavy atom. The Morgan fingerprint density at radius 2 is 1.70 bits per heavy atom. The number of hydrogen-bond donors (Lipinski definition) is 3. The maximum absolute atomic E-state index is 11.2. The van der Waals surface area contributed by atoms with Crippen LogP contribution in [-0.2, 0) is 6.54 Å². The molecule has 102 valence electrons. The van der Waals surface area contributed by atoms with Crippen LogP contribution >= 0.6 is 0 Å². The van der Waals surface area contributed by atoms with Gasteiger partial charge in [-0.3, -0.25) is 19.6 Å². The molecule has 2 rings (SSSR count). The van der Waals surface area contributed by atoms with E-state index in [1.165, 1.54) is 6.07 Å². The van der Waals surface area contributed by atoms with Gasteiger partial charge in [0.15, 0.2) is 0 Å². The first-order chi connectivity index (χ1) is 9.56. The third-order valence-corrected chi connectivity index (χ3v) is 2.59. The Kier molecular flexibility index (Phi) is 3.90. The number of amides is 2. The van der Waals surface area contributed by atoms with Crippen molar-refractivity contribution in [2.75, 3.05) is 5.32 Å².